The first-order valence-corrected chi connectivity index (χ1v) is 6.67. The summed E-state index contributed by atoms with van der Waals surface area (Å²) < 4.78 is 3.09. The first kappa shape index (κ1) is 11.1. The molecule has 0 aliphatic rings. The fraction of sp³-hybridized carbons (Fsp3) is 0.200. The zero-order chi connectivity index (χ0) is 10.7. The number of aromatic nitrogens is 3. The number of alkyl halides is 1. The highest BCUT2D eigenvalue weighted by Gasteiger charge is 1.99. The fourth-order valence-electron chi connectivity index (χ4n) is 1.25. The highest BCUT2D eigenvalue weighted by molar-refractivity contribution is 14.1. The lowest BCUT2D eigenvalue weighted by atomic mass is 10.2. The summed E-state index contributed by atoms with van der Waals surface area (Å²) >= 11 is 5.65. The normalized spacial score (nSPS) is 10.5. The van der Waals surface area contributed by atoms with Crippen LogP contribution in [0.2, 0.25) is 0 Å². The van der Waals surface area contributed by atoms with Gasteiger partial charge >= 0.3 is 0 Å². The van der Waals surface area contributed by atoms with Crippen molar-refractivity contribution in [1.29, 1.82) is 0 Å². The molecule has 2 rings (SSSR count). The van der Waals surface area contributed by atoms with E-state index < -0.39 is 0 Å². The van der Waals surface area contributed by atoms with Crippen molar-refractivity contribution in [2.75, 3.05) is 0 Å². The molecule has 0 saturated carbocycles. The molecule has 0 fully saturated rings. The van der Waals surface area contributed by atoms with Gasteiger partial charge in [-0.1, -0.05) is 33.3 Å². The van der Waals surface area contributed by atoms with Gasteiger partial charge in [0.2, 0.25) is 0 Å². The maximum absolute atomic E-state index is 4.04. The molecule has 0 saturated heterocycles. The average molecular weight is 378 g/mol. The van der Waals surface area contributed by atoms with Gasteiger partial charge < -0.3 is 0 Å². The number of hydrogen-bond donors (Lipinski definition) is 0. The molecule has 2 aromatic rings. The molecular formula is C10H9BrIN3. The molecular weight excluding hydrogens is 369 g/mol. The Bertz CT molecular complexity index is 438. The van der Waals surface area contributed by atoms with E-state index in [1.807, 2.05) is 10.9 Å². The van der Waals surface area contributed by atoms with E-state index in [0.717, 1.165) is 17.6 Å². The van der Waals surface area contributed by atoms with Crippen molar-refractivity contribution < 1.29 is 0 Å². The molecule has 0 amide bonds. The van der Waals surface area contributed by atoms with Crippen molar-refractivity contribution in [3.8, 4) is 0 Å². The van der Waals surface area contributed by atoms with E-state index in [-0.39, 0.29) is 0 Å². The topological polar surface area (TPSA) is 30.7 Å². The quantitative estimate of drug-likeness (QED) is 0.608. The van der Waals surface area contributed by atoms with Gasteiger partial charge in [-0.15, -0.1) is 5.10 Å². The molecule has 0 unspecified atom stereocenters. The summed E-state index contributed by atoms with van der Waals surface area (Å²) in [4.78, 5) is 0. The van der Waals surface area contributed by atoms with Crippen LogP contribution in [0.3, 0.4) is 0 Å². The van der Waals surface area contributed by atoms with Gasteiger partial charge in [-0.25, -0.2) is 4.68 Å². The van der Waals surface area contributed by atoms with Gasteiger partial charge in [-0.05, 0) is 40.3 Å². The summed E-state index contributed by atoms with van der Waals surface area (Å²) in [6.07, 6.45) is 1.95. The lowest BCUT2D eigenvalue weighted by Gasteiger charge is -2.00. The van der Waals surface area contributed by atoms with Crippen LogP contribution in [0.25, 0.3) is 0 Å². The van der Waals surface area contributed by atoms with Gasteiger partial charge in [-0.2, -0.15) is 0 Å². The SMILES string of the molecule is BrCc1cn(Cc2ccc(I)cc2)nn1. The first-order valence-electron chi connectivity index (χ1n) is 4.47. The van der Waals surface area contributed by atoms with Crippen molar-refractivity contribution in [3.05, 3.63) is 45.3 Å². The Hall–Kier alpha value is -0.430. The van der Waals surface area contributed by atoms with Crippen LogP contribution in [0.5, 0.6) is 0 Å². The highest BCUT2D eigenvalue weighted by Crippen LogP contribution is 2.08. The smallest absolute Gasteiger partial charge is 0.0932 e. The van der Waals surface area contributed by atoms with Gasteiger partial charge in [0, 0.05) is 15.1 Å². The molecule has 0 spiro atoms. The first-order chi connectivity index (χ1) is 7.28. The van der Waals surface area contributed by atoms with Crippen LogP contribution in [-0.4, -0.2) is 15.0 Å². The third-order valence-corrected chi connectivity index (χ3v) is 3.27. The summed E-state index contributed by atoms with van der Waals surface area (Å²) in [7, 11) is 0. The molecule has 0 radical (unpaired) electrons. The van der Waals surface area contributed by atoms with Gasteiger partial charge in [-0.3, -0.25) is 0 Å². The standard InChI is InChI=1S/C10H9BrIN3/c11-5-10-7-15(14-13-10)6-8-1-3-9(12)4-2-8/h1-4,7H,5-6H2. The summed E-state index contributed by atoms with van der Waals surface area (Å²) in [5.41, 5.74) is 2.20. The van der Waals surface area contributed by atoms with Crippen LogP contribution in [0.15, 0.2) is 30.5 Å². The molecule has 78 valence electrons. The zero-order valence-electron chi connectivity index (χ0n) is 7.90. The van der Waals surface area contributed by atoms with Crippen molar-refractivity contribution in [3.63, 3.8) is 0 Å². The molecule has 5 heteroatoms. The van der Waals surface area contributed by atoms with Gasteiger partial charge in [0.15, 0.2) is 0 Å². The molecule has 0 aliphatic heterocycles. The van der Waals surface area contributed by atoms with E-state index in [9.17, 15) is 0 Å². The molecule has 0 bridgehead atoms. The minimum absolute atomic E-state index is 0.750. The van der Waals surface area contributed by atoms with Crippen LogP contribution in [-0.2, 0) is 11.9 Å². The van der Waals surface area contributed by atoms with Crippen molar-refractivity contribution in [1.82, 2.24) is 15.0 Å². The van der Waals surface area contributed by atoms with Gasteiger partial charge in [0.1, 0.15) is 0 Å². The molecule has 3 nitrogen and oxygen atoms in total. The Labute approximate surface area is 110 Å². The molecule has 1 heterocycles. The van der Waals surface area contributed by atoms with Crippen molar-refractivity contribution >= 4 is 38.5 Å². The minimum atomic E-state index is 0.750. The summed E-state index contributed by atoms with van der Waals surface area (Å²) in [6, 6.07) is 8.41. The number of benzene rings is 1. The Morgan fingerprint density at radius 2 is 2.00 bits per heavy atom. The molecule has 1 aromatic carbocycles. The Morgan fingerprint density at radius 1 is 1.27 bits per heavy atom. The minimum Gasteiger partial charge on any atom is -0.248 e. The second-order valence-electron chi connectivity index (χ2n) is 3.17. The molecule has 0 atom stereocenters. The van der Waals surface area contributed by atoms with Crippen molar-refractivity contribution in [2.24, 2.45) is 0 Å². The monoisotopic (exact) mass is 377 g/mol. The maximum Gasteiger partial charge on any atom is 0.0932 e. The molecule has 15 heavy (non-hydrogen) atoms. The van der Waals surface area contributed by atoms with E-state index in [1.165, 1.54) is 9.13 Å². The number of nitrogens with zero attached hydrogens (tertiary/aromatic N) is 3. The molecule has 0 aliphatic carbocycles. The molecule has 0 N–H and O–H groups in total. The average Bonchev–Trinajstić information content (AvgIpc) is 2.69. The van der Waals surface area contributed by atoms with Crippen LogP contribution in [0.4, 0.5) is 0 Å². The number of hydrogen-bond acceptors (Lipinski definition) is 2. The van der Waals surface area contributed by atoms with Crippen LogP contribution in [0.1, 0.15) is 11.3 Å². The van der Waals surface area contributed by atoms with Crippen molar-refractivity contribution in [2.45, 2.75) is 11.9 Å². The Morgan fingerprint density at radius 3 is 2.60 bits per heavy atom. The predicted octanol–water partition coefficient (Wildman–Crippen LogP) is 2.83. The van der Waals surface area contributed by atoms with E-state index in [4.69, 9.17) is 0 Å². The van der Waals surface area contributed by atoms with E-state index in [0.29, 0.717) is 0 Å². The Balaban J connectivity index is 2.11. The van der Waals surface area contributed by atoms with E-state index >= 15 is 0 Å². The lowest BCUT2D eigenvalue weighted by molar-refractivity contribution is 0.649. The maximum atomic E-state index is 4.04. The Kier molecular flexibility index (Phi) is 3.74. The predicted molar refractivity (Wildman–Crippen MR) is 70.9 cm³/mol. The largest absolute Gasteiger partial charge is 0.248 e. The third-order valence-electron chi connectivity index (χ3n) is 1.98. The number of halogens is 2. The van der Waals surface area contributed by atoms with Crippen LogP contribution < -0.4 is 0 Å². The summed E-state index contributed by atoms with van der Waals surface area (Å²) in [5, 5.41) is 8.80. The zero-order valence-corrected chi connectivity index (χ0v) is 11.6. The second-order valence-corrected chi connectivity index (χ2v) is 4.97. The third kappa shape index (κ3) is 3.01. The number of rotatable bonds is 3. The van der Waals surface area contributed by atoms with Gasteiger partial charge in [0.05, 0.1) is 12.2 Å². The lowest BCUT2D eigenvalue weighted by Crippen LogP contribution is -2.00. The fourth-order valence-corrected chi connectivity index (χ4v) is 1.87. The summed E-state index contributed by atoms with van der Waals surface area (Å²) in [5.74, 6) is 0. The van der Waals surface area contributed by atoms with Gasteiger partial charge in [0.25, 0.3) is 0 Å². The second kappa shape index (κ2) is 5.07. The summed E-state index contributed by atoms with van der Waals surface area (Å²) in [6.45, 7) is 0.775. The highest BCUT2D eigenvalue weighted by atomic mass is 127. The van der Waals surface area contributed by atoms with Crippen LogP contribution in [0, 0.1) is 3.57 Å². The van der Waals surface area contributed by atoms with E-state index in [1.54, 1.807) is 0 Å². The van der Waals surface area contributed by atoms with Crippen LogP contribution >= 0.6 is 38.5 Å². The molecule has 1 aromatic heterocycles. The van der Waals surface area contributed by atoms with E-state index in [2.05, 4.69) is 73.1 Å².